The van der Waals surface area contributed by atoms with Crippen molar-refractivity contribution in [2.24, 2.45) is 16.6 Å². The van der Waals surface area contributed by atoms with E-state index in [-0.39, 0.29) is 11.9 Å². The molecule has 0 radical (unpaired) electrons. The number of ether oxygens (including phenoxy) is 1. The summed E-state index contributed by atoms with van der Waals surface area (Å²) in [5.74, 6) is 1.06. The van der Waals surface area contributed by atoms with E-state index in [1.165, 1.54) is 12.5 Å². The fourth-order valence-electron chi connectivity index (χ4n) is 3.71. The van der Waals surface area contributed by atoms with Crippen LogP contribution in [0.1, 0.15) is 31.4 Å². The number of rotatable bonds is 4. The second-order valence-corrected chi connectivity index (χ2v) is 7.11. The van der Waals surface area contributed by atoms with Gasteiger partial charge in [0.2, 0.25) is 0 Å². The zero-order chi connectivity index (χ0) is 17.6. The Bertz CT molecular complexity index is 589. The normalized spacial score (nSPS) is 24.3. The predicted octanol–water partition coefficient (Wildman–Crippen LogP) is 2.25. The molecule has 2 unspecified atom stereocenters. The molecule has 0 aliphatic carbocycles. The number of aliphatic imine (C=N–C) groups is 1. The van der Waals surface area contributed by atoms with Crippen LogP contribution in [-0.2, 0) is 4.74 Å². The molecule has 2 N–H and O–H groups in total. The van der Waals surface area contributed by atoms with Crippen molar-refractivity contribution in [3.8, 4) is 0 Å². The van der Waals surface area contributed by atoms with Gasteiger partial charge in [0.05, 0.1) is 25.8 Å². The first-order valence-electron chi connectivity index (χ1n) is 9.25. The lowest BCUT2D eigenvalue weighted by atomic mass is 10.0. The van der Waals surface area contributed by atoms with Gasteiger partial charge in [0, 0.05) is 26.2 Å². The van der Waals surface area contributed by atoms with Gasteiger partial charge in [-0.25, -0.2) is 4.39 Å². The summed E-state index contributed by atoms with van der Waals surface area (Å²) in [5, 5.41) is 0. The average molecular weight is 348 g/mol. The highest BCUT2D eigenvalue weighted by Crippen LogP contribution is 2.23. The van der Waals surface area contributed by atoms with Crippen molar-refractivity contribution >= 4 is 5.96 Å². The maximum atomic E-state index is 13.7. The molecule has 0 aromatic heterocycles. The molecule has 2 fully saturated rings. The van der Waals surface area contributed by atoms with Crippen LogP contribution in [0.4, 0.5) is 4.39 Å². The van der Waals surface area contributed by atoms with E-state index in [9.17, 15) is 4.39 Å². The van der Waals surface area contributed by atoms with Gasteiger partial charge in [-0.1, -0.05) is 19.1 Å². The van der Waals surface area contributed by atoms with Crippen LogP contribution in [0.5, 0.6) is 0 Å². The Hall–Kier alpha value is -1.66. The van der Waals surface area contributed by atoms with Gasteiger partial charge in [0.15, 0.2) is 5.96 Å². The molecule has 2 aliphatic heterocycles. The number of nitrogens with zero attached hydrogens (tertiary/aromatic N) is 3. The molecule has 0 bridgehead atoms. The largest absolute Gasteiger partial charge is 0.379 e. The van der Waals surface area contributed by atoms with Gasteiger partial charge in [0.25, 0.3) is 0 Å². The molecule has 0 spiro atoms. The van der Waals surface area contributed by atoms with Crippen molar-refractivity contribution in [3.63, 3.8) is 0 Å². The summed E-state index contributed by atoms with van der Waals surface area (Å²) in [4.78, 5) is 9.17. The van der Waals surface area contributed by atoms with E-state index in [4.69, 9.17) is 10.5 Å². The van der Waals surface area contributed by atoms with Crippen molar-refractivity contribution in [1.29, 1.82) is 0 Å². The monoisotopic (exact) mass is 348 g/mol. The van der Waals surface area contributed by atoms with Crippen LogP contribution < -0.4 is 5.73 Å². The molecule has 25 heavy (non-hydrogen) atoms. The zero-order valence-corrected chi connectivity index (χ0v) is 15.0. The predicted molar refractivity (Wildman–Crippen MR) is 98.0 cm³/mol. The smallest absolute Gasteiger partial charge is 0.191 e. The minimum absolute atomic E-state index is 0.0281. The molecule has 2 saturated heterocycles. The highest BCUT2D eigenvalue weighted by molar-refractivity contribution is 5.78. The van der Waals surface area contributed by atoms with Gasteiger partial charge < -0.3 is 15.4 Å². The van der Waals surface area contributed by atoms with Crippen molar-refractivity contribution in [1.82, 2.24) is 9.80 Å². The summed E-state index contributed by atoms with van der Waals surface area (Å²) in [6, 6.07) is 6.84. The lowest BCUT2D eigenvalue weighted by Crippen LogP contribution is -2.44. The Labute approximate surface area is 149 Å². The number of likely N-dealkylation sites (tertiary alicyclic amines) is 1. The third kappa shape index (κ3) is 4.92. The van der Waals surface area contributed by atoms with Crippen molar-refractivity contribution < 1.29 is 9.13 Å². The Balaban J connectivity index is 1.73. The van der Waals surface area contributed by atoms with E-state index < -0.39 is 0 Å². The SMILES string of the molecule is CC1CCCN(C(N)=NCC(c2cccc(F)c2)N2CCOCC2)C1. The number of halogens is 1. The number of guanidine groups is 1. The number of benzene rings is 1. The van der Waals surface area contributed by atoms with E-state index >= 15 is 0 Å². The highest BCUT2D eigenvalue weighted by atomic mass is 19.1. The molecule has 1 aromatic carbocycles. The van der Waals surface area contributed by atoms with Gasteiger partial charge in [0.1, 0.15) is 5.82 Å². The Morgan fingerprint density at radius 1 is 1.36 bits per heavy atom. The molecule has 0 saturated carbocycles. The Morgan fingerprint density at radius 3 is 2.88 bits per heavy atom. The third-order valence-electron chi connectivity index (χ3n) is 5.13. The molecule has 2 aliphatic rings. The quantitative estimate of drug-likeness (QED) is 0.670. The molecule has 2 atom stereocenters. The first-order chi connectivity index (χ1) is 12.1. The molecular weight excluding hydrogens is 319 g/mol. The van der Waals surface area contributed by atoms with Crippen LogP contribution >= 0.6 is 0 Å². The van der Waals surface area contributed by atoms with Crippen LogP contribution in [-0.4, -0.2) is 61.7 Å². The van der Waals surface area contributed by atoms with Crippen LogP contribution in [0.15, 0.2) is 29.3 Å². The van der Waals surface area contributed by atoms with E-state index in [0.29, 0.717) is 31.6 Å². The molecule has 5 nitrogen and oxygen atoms in total. The molecule has 0 amide bonds. The van der Waals surface area contributed by atoms with Crippen molar-refractivity contribution in [2.45, 2.75) is 25.8 Å². The lowest BCUT2D eigenvalue weighted by molar-refractivity contribution is 0.0179. The first kappa shape index (κ1) is 18.1. The van der Waals surface area contributed by atoms with Crippen LogP contribution in [0, 0.1) is 11.7 Å². The van der Waals surface area contributed by atoms with Crippen molar-refractivity contribution in [3.05, 3.63) is 35.6 Å². The Morgan fingerprint density at radius 2 is 2.16 bits per heavy atom. The number of morpholine rings is 1. The van der Waals surface area contributed by atoms with Gasteiger partial charge in [-0.2, -0.15) is 0 Å². The number of nitrogens with two attached hydrogens (primary N) is 1. The average Bonchev–Trinajstić information content (AvgIpc) is 2.63. The number of hydrogen-bond acceptors (Lipinski definition) is 3. The minimum Gasteiger partial charge on any atom is -0.379 e. The van der Waals surface area contributed by atoms with Crippen LogP contribution in [0.25, 0.3) is 0 Å². The van der Waals surface area contributed by atoms with E-state index in [0.717, 1.165) is 38.2 Å². The zero-order valence-electron chi connectivity index (χ0n) is 15.0. The third-order valence-corrected chi connectivity index (χ3v) is 5.13. The summed E-state index contributed by atoms with van der Waals surface area (Å²) >= 11 is 0. The van der Waals surface area contributed by atoms with Crippen LogP contribution in [0.2, 0.25) is 0 Å². The molecule has 6 heteroatoms. The summed E-state index contributed by atoms with van der Waals surface area (Å²) in [7, 11) is 0. The van der Waals surface area contributed by atoms with Gasteiger partial charge >= 0.3 is 0 Å². The van der Waals surface area contributed by atoms with Gasteiger partial charge in [-0.3, -0.25) is 9.89 Å². The Kier molecular flexibility index (Phi) is 6.26. The van der Waals surface area contributed by atoms with Crippen molar-refractivity contribution in [2.75, 3.05) is 45.9 Å². The summed E-state index contributed by atoms with van der Waals surface area (Å²) < 4.78 is 19.2. The maximum absolute atomic E-state index is 13.7. The second kappa shape index (κ2) is 8.63. The minimum atomic E-state index is -0.211. The fourth-order valence-corrected chi connectivity index (χ4v) is 3.71. The van der Waals surface area contributed by atoms with Crippen LogP contribution in [0.3, 0.4) is 0 Å². The first-order valence-corrected chi connectivity index (χ1v) is 9.25. The molecule has 1 aromatic rings. The number of piperidine rings is 1. The number of hydrogen-bond donors (Lipinski definition) is 1. The summed E-state index contributed by atoms with van der Waals surface area (Å²) in [5.41, 5.74) is 7.20. The lowest BCUT2D eigenvalue weighted by Gasteiger charge is -2.35. The van der Waals surface area contributed by atoms with E-state index in [2.05, 4.69) is 21.7 Å². The van der Waals surface area contributed by atoms with Gasteiger partial charge in [-0.15, -0.1) is 0 Å². The maximum Gasteiger partial charge on any atom is 0.191 e. The molecular formula is C19H29FN4O. The summed E-state index contributed by atoms with van der Waals surface area (Å²) in [6.45, 7) is 7.81. The topological polar surface area (TPSA) is 54.1 Å². The summed E-state index contributed by atoms with van der Waals surface area (Å²) in [6.07, 6.45) is 2.41. The highest BCUT2D eigenvalue weighted by Gasteiger charge is 2.24. The molecule has 3 rings (SSSR count). The molecule has 2 heterocycles. The van der Waals surface area contributed by atoms with E-state index in [1.54, 1.807) is 12.1 Å². The fraction of sp³-hybridized carbons (Fsp3) is 0.632. The standard InChI is InChI=1S/C19H29FN4O/c1-15-4-3-7-24(14-15)19(21)22-13-18(23-8-10-25-11-9-23)16-5-2-6-17(20)12-16/h2,5-6,12,15,18H,3-4,7-11,13-14H2,1H3,(H2,21,22). The molecule has 138 valence electrons. The van der Waals surface area contributed by atoms with Gasteiger partial charge in [-0.05, 0) is 36.5 Å². The van der Waals surface area contributed by atoms with E-state index in [1.807, 2.05) is 6.07 Å². The second-order valence-electron chi connectivity index (χ2n) is 7.11.